The van der Waals surface area contributed by atoms with Gasteiger partial charge in [-0.3, -0.25) is 9.69 Å². The van der Waals surface area contributed by atoms with E-state index < -0.39 is 11.1 Å². The lowest BCUT2D eigenvalue weighted by Crippen LogP contribution is -2.49. The van der Waals surface area contributed by atoms with Gasteiger partial charge in [0.25, 0.3) is 5.91 Å². The van der Waals surface area contributed by atoms with Crippen molar-refractivity contribution in [3.05, 3.63) is 53.6 Å². The van der Waals surface area contributed by atoms with Crippen molar-refractivity contribution >= 4 is 11.9 Å². The largest absolute Gasteiger partial charge is 0.487 e. The van der Waals surface area contributed by atoms with Crippen LogP contribution in [0.3, 0.4) is 0 Å². The molecule has 1 spiro atoms. The molecular weight excluding hydrogens is 374 g/mol. The molecule has 0 radical (unpaired) electrons. The van der Waals surface area contributed by atoms with Crippen LogP contribution in [-0.4, -0.2) is 29.4 Å². The Hall–Kier alpha value is -2.82. The van der Waals surface area contributed by atoms with E-state index in [9.17, 15) is 4.79 Å². The van der Waals surface area contributed by atoms with Crippen molar-refractivity contribution in [2.75, 3.05) is 7.05 Å². The number of likely N-dealkylation sites (N-methyl/N-ethyl adjacent to an activating group) is 1. The monoisotopic (exact) mass is 405 g/mol. The molecule has 5 heteroatoms. The highest BCUT2D eigenvalue weighted by atomic mass is 16.5. The molecule has 2 aromatic rings. The van der Waals surface area contributed by atoms with Crippen LogP contribution >= 0.6 is 0 Å². The molecule has 1 amide bonds. The number of benzene rings is 2. The average Bonchev–Trinajstić information content (AvgIpc) is 2.89. The molecule has 158 valence electrons. The van der Waals surface area contributed by atoms with Gasteiger partial charge < -0.3 is 10.5 Å². The van der Waals surface area contributed by atoms with Crippen molar-refractivity contribution in [1.82, 2.24) is 4.90 Å². The summed E-state index contributed by atoms with van der Waals surface area (Å²) in [6.07, 6.45) is 2.67. The number of carbonyl (C=O) groups excluding carboxylic acids is 1. The Morgan fingerprint density at radius 3 is 2.57 bits per heavy atom. The molecule has 2 aliphatic heterocycles. The van der Waals surface area contributed by atoms with E-state index in [1.807, 2.05) is 19.9 Å². The Morgan fingerprint density at radius 2 is 1.90 bits per heavy atom. The van der Waals surface area contributed by atoms with Crippen molar-refractivity contribution < 1.29 is 9.53 Å². The highest BCUT2D eigenvalue weighted by Gasteiger charge is 2.55. The fourth-order valence-corrected chi connectivity index (χ4v) is 4.52. The summed E-state index contributed by atoms with van der Waals surface area (Å²) in [7, 11) is 1.68. The van der Waals surface area contributed by atoms with Gasteiger partial charge in [-0.1, -0.05) is 44.2 Å². The molecule has 0 bridgehead atoms. The molecule has 2 heterocycles. The lowest BCUT2D eigenvalue weighted by molar-refractivity contribution is -0.133. The maximum Gasteiger partial charge on any atom is 0.261 e. The third-order valence-corrected chi connectivity index (χ3v) is 6.07. The summed E-state index contributed by atoms with van der Waals surface area (Å²) in [5, 5.41) is 0. The van der Waals surface area contributed by atoms with Gasteiger partial charge in [-0.15, -0.1) is 0 Å². The minimum Gasteiger partial charge on any atom is -0.487 e. The van der Waals surface area contributed by atoms with E-state index in [0.717, 1.165) is 29.5 Å². The molecule has 5 nitrogen and oxygen atoms in total. The number of rotatable bonds is 4. The third-order valence-electron chi connectivity index (χ3n) is 6.07. The van der Waals surface area contributed by atoms with E-state index in [1.54, 1.807) is 7.05 Å². The second kappa shape index (κ2) is 7.15. The molecule has 2 aliphatic rings. The number of guanidine groups is 1. The number of carbonyl (C=O) groups is 1. The second-order valence-electron chi connectivity index (χ2n) is 9.58. The molecule has 1 unspecified atom stereocenters. The Kier molecular flexibility index (Phi) is 4.88. The smallest absolute Gasteiger partial charge is 0.261 e. The molecule has 4 rings (SSSR count). The number of fused-ring (bicyclic) bond motifs is 2. The maximum absolute atomic E-state index is 13.3. The van der Waals surface area contributed by atoms with E-state index in [4.69, 9.17) is 10.5 Å². The molecule has 2 aromatic carbocycles. The molecule has 1 atom stereocenters. The van der Waals surface area contributed by atoms with Crippen LogP contribution in [0.15, 0.2) is 47.5 Å². The van der Waals surface area contributed by atoms with Crippen LogP contribution in [0.2, 0.25) is 0 Å². The molecular formula is C25H31N3O2. The zero-order chi connectivity index (χ0) is 21.7. The zero-order valence-corrected chi connectivity index (χ0v) is 18.5. The number of aliphatic imine (C=N–C) groups is 1. The van der Waals surface area contributed by atoms with Crippen LogP contribution in [0.4, 0.5) is 0 Å². The molecule has 0 saturated carbocycles. The molecule has 30 heavy (non-hydrogen) atoms. The Morgan fingerprint density at radius 1 is 1.17 bits per heavy atom. The number of hydrogen-bond donors (Lipinski definition) is 1. The number of ether oxygens (including phenoxy) is 1. The van der Waals surface area contributed by atoms with Crippen LogP contribution in [0.5, 0.6) is 5.75 Å². The molecule has 0 saturated heterocycles. The van der Waals surface area contributed by atoms with E-state index in [-0.39, 0.29) is 11.9 Å². The number of hydrogen-bond acceptors (Lipinski definition) is 4. The SMILES string of the molecule is CC(C)CCc1cccc(-c2ccc3c(c2)C2(CC(C)(C)O3)N=C(N)N(C)C2=O)c1. The number of nitrogens with two attached hydrogens (primary N) is 1. The van der Waals surface area contributed by atoms with Gasteiger partial charge in [-0.25, -0.2) is 4.99 Å². The number of amides is 1. The van der Waals surface area contributed by atoms with Crippen molar-refractivity contribution in [3.63, 3.8) is 0 Å². The lowest BCUT2D eigenvalue weighted by atomic mass is 9.77. The van der Waals surface area contributed by atoms with Crippen molar-refractivity contribution in [3.8, 4) is 16.9 Å². The first kappa shape index (κ1) is 20.5. The van der Waals surface area contributed by atoms with Gasteiger partial charge in [0.2, 0.25) is 0 Å². The van der Waals surface area contributed by atoms with Gasteiger partial charge in [0, 0.05) is 19.0 Å². The van der Waals surface area contributed by atoms with Gasteiger partial charge in [-0.05, 0) is 61.4 Å². The standard InChI is InChI=1S/C25H31N3O2/c1-16(2)9-10-17-7-6-8-18(13-17)19-11-12-21-20(14-19)25(15-24(3,4)30-21)22(29)28(5)23(26)27-25/h6-8,11-14,16H,9-10,15H2,1-5H3,(H2,26,27). The topological polar surface area (TPSA) is 67.9 Å². The maximum atomic E-state index is 13.3. The Bertz CT molecular complexity index is 1020. The van der Waals surface area contributed by atoms with E-state index >= 15 is 0 Å². The summed E-state index contributed by atoms with van der Waals surface area (Å²) in [5.41, 5.74) is 8.82. The van der Waals surface area contributed by atoms with Crippen molar-refractivity contribution in [2.45, 2.75) is 58.1 Å². The van der Waals surface area contributed by atoms with Crippen LogP contribution in [-0.2, 0) is 16.8 Å². The Labute approximate surface area is 178 Å². The summed E-state index contributed by atoms with van der Waals surface area (Å²) in [6.45, 7) is 8.47. The predicted molar refractivity (Wildman–Crippen MR) is 120 cm³/mol. The number of aryl methyl sites for hydroxylation is 1. The van der Waals surface area contributed by atoms with Crippen LogP contribution in [0.25, 0.3) is 11.1 Å². The summed E-state index contributed by atoms with van der Waals surface area (Å²) in [5.74, 6) is 1.53. The summed E-state index contributed by atoms with van der Waals surface area (Å²) in [4.78, 5) is 19.4. The van der Waals surface area contributed by atoms with Crippen LogP contribution in [0, 0.1) is 5.92 Å². The van der Waals surface area contributed by atoms with Crippen LogP contribution in [0.1, 0.15) is 51.7 Å². The minimum absolute atomic E-state index is 0.0968. The molecule has 0 fully saturated rings. The van der Waals surface area contributed by atoms with E-state index in [0.29, 0.717) is 18.1 Å². The summed E-state index contributed by atoms with van der Waals surface area (Å²) in [6, 6.07) is 14.7. The fourth-order valence-electron chi connectivity index (χ4n) is 4.52. The second-order valence-corrected chi connectivity index (χ2v) is 9.58. The lowest BCUT2D eigenvalue weighted by Gasteiger charge is -2.41. The van der Waals surface area contributed by atoms with E-state index in [1.165, 1.54) is 10.5 Å². The zero-order valence-electron chi connectivity index (χ0n) is 18.5. The first-order valence-corrected chi connectivity index (χ1v) is 10.7. The molecule has 0 aliphatic carbocycles. The van der Waals surface area contributed by atoms with Crippen molar-refractivity contribution in [2.24, 2.45) is 16.6 Å². The summed E-state index contributed by atoms with van der Waals surface area (Å²) >= 11 is 0. The van der Waals surface area contributed by atoms with Gasteiger partial charge in [-0.2, -0.15) is 0 Å². The first-order chi connectivity index (χ1) is 14.1. The highest BCUT2D eigenvalue weighted by molar-refractivity contribution is 6.07. The highest BCUT2D eigenvalue weighted by Crippen LogP contribution is 2.49. The van der Waals surface area contributed by atoms with Crippen LogP contribution < -0.4 is 10.5 Å². The minimum atomic E-state index is -1.03. The van der Waals surface area contributed by atoms with Gasteiger partial charge >= 0.3 is 0 Å². The first-order valence-electron chi connectivity index (χ1n) is 10.7. The predicted octanol–water partition coefficient (Wildman–Crippen LogP) is 4.49. The quantitative estimate of drug-likeness (QED) is 0.815. The normalized spacial score (nSPS) is 22.3. The number of nitrogens with zero attached hydrogens (tertiary/aromatic N) is 2. The Balaban J connectivity index is 1.79. The molecule has 0 aromatic heterocycles. The summed E-state index contributed by atoms with van der Waals surface area (Å²) < 4.78 is 6.22. The van der Waals surface area contributed by atoms with Crippen molar-refractivity contribution in [1.29, 1.82) is 0 Å². The van der Waals surface area contributed by atoms with Gasteiger partial charge in [0.1, 0.15) is 11.4 Å². The average molecular weight is 406 g/mol. The molecule has 2 N–H and O–H groups in total. The van der Waals surface area contributed by atoms with Gasteiger partial charge in [0.15, 0.2) is 11.5 Å². The fraction of sp³-hybridized carbons (Fsp3) is 0.440. The van der Waals surface area contributed by atoms with E-state index in [2.05, 4.69) is 55.2 Å². The third kappa shape index (κ3) is 3.47. The van der Waals surface area contributed by atoms with Gasteiger partial charge in [0.05, 0.1) is 0 Å².